The van der Waals surface area contributed by atoms with Gasteiger partial charge in [0.2, 0.25) is 0 Å². The molecular formula is C9H6NNaS2. The van der Waals surface area contributed by atoms with Crippen LogP contribution in [0.4, 0.5) is 0 Å². The molecule has 1 heterocycles. The van der Waals surface area contributed by atoms with Gasteiger partial charge >= 0.3 is 29.6 Å². The number of para-hydroxylation sites is 1. The molecule has 1 nitrogen and oxygen atoms in total. The molecule has 0 bridgehead atoms. The summed E-state index contributed by atoms with van der Waals surface area (Å²) in [5, 5.41) is 1.17. The molecule has 0 saturated heterocycles. The Morgan fingerprint density at radius 1 is 1.23 bits per heavy atom. The second-order valence-electron chi connectivity index (χ2n) is 2.51. The molecule has 0 N–H and O–H groups in total. The predicted molar refractivity (Wildman–Crippen MR) is 57.3 cm³/mol. The first-order valence-electron chi connectivity index (χ1n) is 3.56. The van der Waals surface area contributed by atoms with Gasteiger partial charge < -0.3 is 29.4 Å². The maximum atomic E-state index is 4.92. The Labute approximate surface area is 110 Å². The van der Waals surface area contributed by atoms with Crippen molar-refractivity contribution in [3.8, 4) is 0 Å². The summed E-state index contributed by atoms with van der Waals surface area (Å²) in [4.78, 5) is 0. The summed E-state index contributed by atoms with van der Waals surface area (Å²) >= 11 is 9.84. The van der Waals surface area contributed by atoms with Crippen LogP contribution < -0.4 is 29.6 Å². The van der Waals surface area contributed by atoms with Crippen molar-refractivity contribution in [2.24, 2.45) is 0 Å². The topological polar surface area (TPSA) is 4.93 Å². The Morgan fingerprint density at radius 2 is 1.92 bits per heavy atom. The van der Waals surface area contributed by atoms with Gasteiger partial charge in [0.15, 0.2) is 0 Å². The van der Waals surface area contributed by atoms with Gasteiger partial charge in [0.25, 0.3) is 0 Å². The molecular weight excluding hydrogens is 209 g/mol. The van der Waals surface area contributed by atoms with Gasteiger partial charge in [-0.1, -0.05) is 22.5 Å². The van der Waals surface area contributed by atoms with E-state index in [4.69, 9.17) is 24.8 Å². The summed E-state index contributed by atoms with van der Waals surface area (Å²) in [5.74, 6) is 0. The van der Waals surface area contributed by atoms with Gasteiger partial charge in [0.05, 0.1) is 5.52 Å². The number of benzene rings is 1. The molecule has 1 aromatic heterocycles. The molecule has 60 valence electrons. The van der Waals surface area contributed by atoms with Crippen molar-refractivity contribution in [3.63, 3.8) is 0 Å². The molecule has 2 aromatic rings. The van der Waals surface area contributed by atoms with Crippen molar-refractivity contribution in [2.75, 3.05) is 0 Å². The average molecular weight is 215 g/mol. The number of hydrogen-bond acceptors (Lipinski definition) is 2. The molecule has 0 aliphatic heterocycles. The smallest absolute Gasteiger partial charge is 0.411 e. The van der Waals surface area contributed by atoms with Crippen LogP contribution in [-0.2, 0) is 12.6 Å². The second-order valence-corrected chi connectivity index (χ2v) is 3.54. The van der Waals surface area contributed by atoms with Crippen molar-refractivity contribution < 1.29 is 29.6 Å². The monoisotopic (exact) mass is 215 g/mol. The fraction of sp³-hybridized carbons (Fsp3) is 0. The molecule has 0 aliphatic rings. The van der Waals surface area contributed by atoms with E-state index in [2.05, 4.69) is 0 Å². The van der Waals surface area contributed by atoms with Gasteiger partial charge in [-0.05, 0) is 17.5 Å². The number of rotatable bonds is 0. The third kappa shape index (κ3) is 2.11. The quantitative estimate of drug-likeness (QED) is 0.326. The third-order valence-corrected chi connectivity index (χ3v) is 2.19. The van der Waals surface area contributed by atoms with E-state index < -0.39 is 0 Å². The van der Waals surface area contributed by atoms with Crippen LogP contribution in [-0.4, -0.2) is 8.89 Å². The van der Waals surface area contributed by atoms with E-state index in [1.165, 1.54) is 5.39 Å². The van der Waals surface area contributed by atoms with Crippen molar-refractivity contribution in [1.82, 2.24) is 4.57 Å². The fourth-order valence-electron chi connectivity index (χ4n) is 1.24. The fourth-order valence-corrected chi connectivity index (χ4v) is 1.56. The number of nitrogens with zero attached hydrogens (tertiary/aromatic N) is 1. The van der Waals surface area contributed by atoms with Crippen LogP contribution in [0.3, 0.4) is 0 Å². The van der Waals surface area contributed by atoms with Crippen molar-refractivity contribution in [2.45, 2.75) is 0 Å². The zero-order chi connectivity index (χ0) is 8.55. The Balaban J connectivity index is 0.000000845. The van der Waals surface area contributed by atoms with Crippen molar-refractivity contribution in [3.05, 3.63) is 36.5 Å². The maximum Gasteiger partial charge on any atom is 1.00 e. The first kappa shape index (κ1) is 11.1. The van der Waals surface area contributed by atoms with Crippen molar-refractivity contribution in [1.29, 1.82) is 0 Å². The number of aromatic nitrogens is 1. The SMILES string of the molecule is S=C([S-])n1ccc2ccccc21.[Na+]. The Kier molecular flexibility index (Phi) is 3.88. The number of fused-ring (bicyclic) bond motifs is 1. The predicted octanol–water partition coefficient (Wildman–Crippen LogP) is -0.675. The number of hydrogen-bond donors (Lipinski definition) is 0. The van der Waals surface area contributed by atoms with Crippen LogP contribution >= 0.6 is 12.2 Å². The summed E-state index contributed by atoms with van der Waals surface area (Å²) in [6.07, 6.45) is 1.90. The van der Waals surface area contributed by atoms with Crippen molar-refractivity contribution >= 4 is 40.1 Å². The second kappa shape index (κ2) is 4.53. The Bertz CT molecular complexity index is 436. The summed E-state index contributed by atoms with van der Waals surface area (Å²) in [5.41, 5.74) is 1.08. The zero-order valence-electron chi connectivity index (χ0n) is 7.23. The summed E-state index contributed by atoms with van der Waals surface area (Å²) in [7, 11) is 0. The van der Waals surface area contributed by atoms with E-state index in [0.29, 0.717) is 4.32 Å². The zero-order valence-corrected chi connectivity index (χ0v) is 10.9. The number of thiocarbonyl (C=S) groups is 1. The average Bonchev–Trinajstić information content (AvgIpc) is 2.47. The molecule has 0 unspecified atom stereocenters. The summed E-state index contributed by atoms with van der Waals surface area (Å²) < 4.78 is 2.30. The Morgan fingerprint density at radius 3 is 2.62 bits per heavy atom. The van der Waals surface area contributed by atoms with Gasteiger partial charge in [-0.15, -0.1) is 0 Å². The first-order chi connectivity index (χ1) is 5.79. The summed E-state index contributed by atoms with van der Waals surface area (Å²) in [6, 6.07) is 10.0. The van der Waals surface area contributed by atoms with E-state index in [1.807, 2.05) is 41.1 Å². The molecule has 0 amide bonds. The largest absolute Gasteiger partial charge is 1.00 e. The molecule has 4 heteroatoms. The maximum absolute atomic E-state index is 4.92. The molecule has 0 atom stereocenters. The minimum atomic E-state index is 0. The minimum absolute atomic E-state index is 0. The van der Waals surface area contributed by atoms with Gasteiger partial charge in [0.1, 0.15) is 0 Å². The summed E-state index contributed by atoms with van der Waals surface area (Å²) in [6.45, 7) is 0. The van der Waals surface area contributed by atoms with Crippen LogP contribution in [0.5, 0.6) is 0 Å². The molecule has 0 saturated carbocycles. The minimum Gasteiger partial charge on any atom is -0.411 e. The molecule has 0 radical (unpaired) electrons. The first-order valence-corrected chi connectivity index (χ1v) is 4.38. The molecule has 0 aliphatic carbocycles. The van der Waals surface area contributed by atoms with E-state index in [0.717, 1.165) is 5.52 Å². The van der Waals surface area contributed by atoms with E-state index in [-0.39, 0.29) is 29.6 Å². The van der Waals surface area contributed by atoms with Gasteiger partial charge in [-0.25, -0.2) is 0 Å². The molecule has 2 rings (SSSR count). The van der Waals surface area contributed by atoms with E-state index in [9.17, 15) is 0 Å². The third-order valence-electron chi connectivity index (χ3n) is 1.80. The van der Waals surface area contributed by atoms with E-state index >= 15 is 0 Å². The van der Waals surface area contributed by atoms with Crippen LogP contribution in [0.1, 0.15) is 0 Å². The van der Waals surface area contributed by atoms with E-state index in [1.54, 1.807) is 0 Å². The Hall–Kier alpha value is 0.0700. The normalized spacial score (nSPS) is 9.54. The van der Waals surface area contributed by atoms with Crippen LogP contribution in [0, 0.1) is 0 Å². The molecule has 0 fully saturated rings. The van der Waals surface area contributed by atoms with Gasteiger partial charge in [-0.3, -0.25) is 0 Å². The molecule has 0 spiro atoms. The van der Waals surface area contributed by atoms with Crippen LogP contribution in [0.2, 0.25) is 0 Å². The standard InChI is InChI=1S/C9H7NS2.Na/c11-9(12)10-6-5-7-3-1-2-4-8(7)10;/h1-6H,(H,11,12);/q;+1/p-1. The molecule has 13 heavy (non-hydrogen) atoms. The van der Waals surface area contributed by atoms with Gasteiger partial charge in [-0.2, -0.15) is 0 Å². The van der Waals surface area contributed by atoms with Crippen LogP contribution in [0.15, 0.2) is 36.5 Å². The molecule has 1 aromatic carbocycles. The van der Waals surface area contributed by atoms with Crippen LogP contribution in [0.25, 0.3) is 10.9 Å². The van der Waals surface area contributed by atoms with Gasteiger partial charge in [0, 0.05) is 6.20 Å².